The van der Waals surface area contributed by atoms with Crippen LogP contribution in [0.15, 0.2) is 77.8 Å². The van der Waals surface area contributed by atoms with E-state index < -0.39 is 0 Å². The van der Waals surface area contributed by atoms with Crippen molar-refractivity contribution in [2.45, 2.75) is 18.9 Å². The molecule has 3 aromatic rings. The molecule has 0 saturated carbocycles. The van der Waals surface area contributed by atoms with Crippen molar-refractivity contribution in [3.05, 3.63) is 101 Å². The molecular formula is C27H25FN2O2. The molecule has 2 heterocycles. The number of halogens is 1. The van der Waals surface area contributed by atoms with E-state index in [4.69, 9.17) is 4.74 Å². The summed E-state index contributed by atoms with van der Waals surface area (Å²) in [7, 11) is 0. The Labute approximate surface area is 187 Å². The van der Waals surface area contributed by atoms with Crippen LogP contribution in [0.2, 0.25) is 0 Å². The largest absolute Gasteiger partial charge is 0.508 e. The van der Waals surface area contributed by atoms with Gasteiger partial charge in [0, 0.05) is 18.3 Å². The number of benzene rings is 3. The molecule has 5 rings (SSSR count). The Morgan fingerprint density at radius 2 is 1.84 bits per heavy atom. The van der Waals surface area contributed by atoms with Gasteiger partial charge in [0.1, 0.15) is 18.2 Å². The maximum absolute atomic E-state index is 13.5. The van der Waals surface area contributed by atoms with Crippen molar-refractivity contribution in [1.29, 1.82) is 0 Å². The summed E-state index contributed by atoms with van der Waals surface area (Å²) in [4.78, 5) is 6.61. The van der Waals surface area contributed by atoms with Gasteiger partial charge in [-0.05, 0) is 77.6 Å². The van der Waals surface area contributed by atoms with E-state index in [2.05, 4.69) is 34.2 Å². The normalized spacial score (nSPS) is 17.8. The Hall–Kier alpha value is -3.60. The predicted molar refractivity (Wildman–Crippen MR) is 126 cm³/mol. The molecule has 1 atom stereocenters. The van der Waals surface area contributed by atoms with Crippen molar-refractivity contribution in [3.8, 4) is 5.75 Å². The lowest BCUT2D eigenvalue weighted by atomic mass is 9.88. The molecule has 2 aliphatic heterocycles. The lowest BCUT2D eigenvalue weighted by molar-refractivity contribution is 0.350. The topological polar surface area (TPSA) is 45.1 Å². The highest BCUT2D eigenvalue weighted by atomic mass is 19.1. The van der Waals surface area contributed by atoms with Crippen molar-refractivity contribution in [2.24, 2.45) is 4.99 Å². The van der Waals surface area contributed by atoms with Crippen LogP contribution < -0.4 is 4.90 Å². The molecule has 32 heavy (non-hydrogen) atoms. The minimum absolute atomic E-state index is 0.104. The smallest absolute Gasteiger partial charge is 0.208 e. The fourth-order valence-corrected chi connectivity index (χ4v) is 4.47. The molecule has 3 aromatic carbocycles. The fraction of sp³-hybridized carbons (Fsp3) is 0.222. The van der Waals surface area contributed by atoms with Gasteiger partial charge in [-0.3, -0.25) is 0 Å². The van der Waals surface area contributed by atoms with Gasteiger partial charge in [-0.1, -0.05) is 30.3 Å². The molecule has 162 valence electrons. The first kappa shape index (κ1) is 20.3. The number of rotatable bonds is 5. The molecule has 5 heteroatoms. The van der Waals surface area contributed by atoms with Gasteiger partial charge in [-0.15, -0.1) is 0 Å². The molecule has 0 fully saturated rings. The summed E-state index contributed by atoms with van der Waals surface area (Å²) in [5.74, 6) is 0.751. The van der Waals surface area contributed by atoms with E-state index in [1.807, 2.05) is 36.4 Å². The van der Waals surface area contributed by atoms with Crippen LogP contribution >= 0.6 is 0 Å². The van der Waals surface area contributed by atoms with Crippen molar-refractivity contribution in [2.75, 3.05) is 24.6 Å². The SMILES string of the molecule is Oc1ccc2c(c1)CCN(c1ccc(F)cc1)C2Cc1ccc(C=CC2=NCCO2)cc1. The highest BCUT2D eigenvalue weighted by Gasteiger charge is 2.28. The number of hydrogen-bond donors (Lipinski definition) is 1. The average molecular weight is 429 g/mol. The third-order valence-electron chi connectivity index (χ3n) is 6.08. The quantitative estimate of drug-likeness (QED) is 0.598. The molecule has 1 unspecified atom stereocenters. The van der Waals surface area contributed by atoms with Crippen LogP contribution in [-0.2, 0) is 17.6 Å². The molecule has 1 N–H and O–H groups in total. The maximum atomic E-state index is 13.5. The molecule has 0 amide bonds. The van der Waals surface area contributed by atoms with E-state index >= 15 is 0 Å². The Kier molecular flexibility index (Phi) is 5.63. The molecule has 2 aliphatic rings. The van der Waals surface area contributed by atoms with Gasteiger partial charge < -0.3 is 14.7 Å². The average Bonchev–Trinajstić information content (AvgIpc) is 3.33. The number of nitrogens with zero attached hydrogens (tertiary/aromatic N) is 2. The van der Waals surface area contributed by atoms with Gasteiger partial charge >= 0.3 is 0 Å². The number of ether oxygens (including phenoxy) is 1. The van der Waals surface area contributed by atoms with E-state index in [1.165, 1.54) is 28.8 Å². The van der Waals surface area contributed by atoms with Crippen molar-refractivity contribution < 1.29 is 14.2 Å². The van der Waals surface area contributed by atoms with E-state index in [9.17, 15) is 9.50 Å². The second-order valence-electron chi connectivity index (χ2n) is 8.17. The van der Waals surface area contributed by atoms with Gasteiger partial charge in [0.2, 0.25) is 5.90 Å². The number of aromatic hydroxyl groups is 1. The van der Waals surface area contributed by atoms with Crippen molar-refractivity contribution in [1.82, 2.24) is 0 Å². The molecule has 0 radical (unpaired) electrons. The number of anilines is 1. The first-order valence-corrected chi connectivity index (χ1v) is 10.9. The summed E-state index contributed by atoms with van der Waals surface area (Å²) in [6.07, 6.45) is 5.57. The zero-order valence-electron chi connectivity index (χ0n) is 17.7. The summed E-state index contributed by atoms with van der Waals surface area (Å²) in [5.41, 5.74) is 5.70. The zero-order chi connectivity index (χ0) is 21.9. The van der Waals surface area contributed by atoms with E-state index in [-0.39, 0.29) is 11.9 Å². The Morgan fingerprint density at radius 1 is 1.03 bits per heavy atom. The van der Waals surface area contributed by atoms with Crippen LogP contribution in [0, 0.1) is 5.82 Å². The highest BCUT2D eigenvalue weighted by Crippen LogP contribution is 2.37. The molecule has 0 bridgehead atoms. The first-order valence-electron chi connectivity index (χ1n) is 10.9. The van der Waals surface area contributed by atoms with Crippen LogP contribution in [0.5, 0.6) is 5.75 Å². The summed E-state index contributed by atoms with van der Waals surface area (Å²) >= 11 is 0. The maximum Gasteiger partial charge on any atom is 0.208 e. The number of phenols is 1. The predicted octanol–water partition coefficient (Wildman–Crippen LogP) is 5.32. The minimum atomic E-state index is -0.231. The molecular weight excluding hydrogens is 403 g/mol. The number of fused-ring (bicyclic) bond motifs is 1. The molecule has 0 spiro atoms. The monoisotopic (exact) mass is 428 g/mol. The summed E-state index contributed by atoms with van der Waals surface area (Å²) in [6.45, 7) is 2.20. The second kappa shape index (κ2) is 8.87. The summed E-state index contributed by atoms with van der Waals surface area (Å²) in [5, 5.41) is 9.96. The zero-order valence-corrected chi connectivity index (χ0v) is 17.7. The summed E-state index contributed by atoms with van der Waals surface area (Å²) < 4.78 is 18.9. The fourth-order valence-electron chi connectivity index (χ4n) is 4.47. The third-order valence-corrected chi connectivity index (χ3v) is 6.08. The number of phenolic OH excluding ortho intramolecular Hbond substituents is 1. The van der Waals surface area contributed by atoms with Crippen molar-refractivity contribution >= 4 is 17.7 Å². The third kappa shape index (κ3) is 4.37. The van der Waals surface area contributed by atoms with Crippen LogP contribution in [0.3, 0.4) is 0 Å². The van der Waals surface area contributed by atoms with E-state index in [1.54, 1.807) is 6.07 Å². The highest BCUT2D eigenvalue weighted by molar-refractivity contribution is 5.92. The Morgan fingerprint density at radius 3 is 2.59 bits per heavy atom. The Bertz CT molecular complexity index is 1150. The van der Waals surface area contributed by atoms with Crippen LogP contribution in [0.1, 0.15) is 28.3 Å². The van der Waals surface area contributed by atoms with Gasteiger partial charge in [-0.2, -0.15) is 0 Å². The number of aliphatic imine (C=N–C) groups is 1. The van der Waals surface area contributed by atoms with Crippen molar-refractivity contribution in [3.63, 3.8) is 0 Å². The minimum Gasteiger partial charge on any atom is -0.508 e. The second-order valence-corrected chi connectivity index (χ2v) is 8.17. The van der Waals surface area contributed by atoms with E-state index in [0.717, 1.165) is 37.2 Å². The molecule has 0 aliphatic carbocycles. The number of hydrogen-bond acceptors (Lipinski definition) is 4. The van der Waals surface area contributed by atoms with Crippen LogP contribution in [-0.4, -0.2) is 30.7 Å². The Balaban J connectivity index is 1.41. The lowest BCUT2D eigenvalue weighted by Crippen LogP contribution is -2.36. The van der Waals surface area contributed by atoms with Gasteiger partial charge in [0.25, 0.3) is 0 Å². The van der Waals surface area contributed by atoms with Crippen LogP contribution in [0.25, 0.3) is 6.08 Å². The van der Waals surface area contributed by atoms with Gasteiger partial charge in [0.05, 0.1) is 12.6 Å². The molecule has 0 aromatic heterocycles. The first-order chi connectivity index (χ1) is 15.7. The van der Waals surface area contributed by atoms with Gasteiger partial charge in [0.15, 0.2) is 0 Å². The van der Waals surface area contributed by atoms with Gasteiger partial charge in [-0.25, -0.2) is 9.38 Å². The van der Waals surface area contributed by atoms with E-state index in [0.29, 0.717) is 18.3 Å². The van der Waals surface area contributed by atoms with Crippen LogP contribution in [0.4, 0.5) is 10.1 Å². The molecule has 4 nitrogen and oxygen atoms in total. The standard InChI is InChI=1S/C27H25FN2O2/c28-22-6-8-23(9-7-22)30-15-13-21-18-24(31)10-11-25(21)26(30)17-20-3-1-19(2-4-20)5-12-27-29-14-16-32-27/h1-12,18,26,31H,13-17H2. The summed E-state index contributed by atoms with van der Waals surface area (Å²) in [6, 6.07) is 20.9. The lowest BCUT2D eigenvalue weighted by Gasteiger charge is -2.39. The molecule has 0 saturated heterocycles.